The Morgan fingerprint density at radius 2 is 1.91 bits per heavy atom. The van der Waals surface area contributed by atoms with E-state index in [9.17, 15) is 21.6 Å². The van der Waals surface area contributed by atoms with E-state index in [1.54, 1.807) is 12.2 Å². The molecule has 0 atom stereocenters. The van der Waals surface area contributed by atoms with Crippen LogP contribution in [0.1, 0.15) is 19.3 Å². The maximum atomic E-state index is 12.8. The topological polar surface area (TPSA) is 75.9 Å². The lowest BCUT2D eigenvalue weighted by molar-refractivity contribution is -0.0780. The molecule has 1 saturated heterocycles. The molecule has 2 rings (SSSR count). The van der Waals surface area contributed by atoms with E-state index < -0.39 is 15.5 Å². The molecular weight excluding hydrogens is 335 g/mol. The second-order valence-corrected chi connectivity index (χ2v) is 6.89. The Kier molecular flexibility index (Phi) is 4.95. The van der Waals surface area contributed by atoms with Crippen molar-refractivity contribution in [3.63, 3.8) is 0 Å². The fraction of sp³-hybridized carbons (Fsp3) is 0.538. The minimum Gasteiger partial charge on any atom is -0.400 e. The minimum atomic E-state index is -5.70. The molecule has 1 heterocycles. The molecule has 0 spiro atoms. The monoisotopic (exact) mass is 353 g/mol. The van der Waals surface area contributed by atoms with Crippen molar-refractivity contribution in [2.45, 2.75) is 24.8 Å². The summed E-state index contributed by atoms with van der Waals surface area (Å²) < 4.78 is 61.7. The van der Waals surface area contributed by atoms with E-state index >= 15 is 0 Å². The van der Waals surface area contributed by atoms with E-state index in [1.165, 1.54) is 6.08 Å². The van der Waals surface area contributed by atoms with E-state index in [-0.39, 0.29) is 22.3 Å². The van der Waals surface area contributed by atoms with Crippen molar-refractivity contribution < 1.29 is 26.4 Å². The van der Waals surface area contributed by atoms with Gasteiger partial charge in [0.1, 0.15) is 5.70 Å². The number of alkyl halides is 3. The number of allylic oxidation sites excluding steroid dienone is 3. The molecule has 1 fully saturated rings. The van der Waals surface area contributed by atoms with E-state index in [1.807, 2.05) is 4.90 Å². The maximum Gasteiger partial charge on any atom is 0.518 e. The van der Waals surface area contributed by atoms with Gasteiger partial charge in [0, 0.05) is 30.9 Å². The number of halogens is 3. The van der Waals surface area contributed by atoms with Crippen molar-refractivity contribution >= 4 is 10.0 Å². The van der Waals surface area contributed by atoms with Crippen LogP contribution in [0.4, 0.5) is 13.2 Å². The van der Waals surface area contributed by atoms with Gasteiger partial charge in [0.05, 0.1) is 7.11 Å². The Morgan fingerprint density at radius 1 is 1.30 bits per heavy atom. The van der Waals surface area contributed by atoms with Crippen LogP contribution in [-0.2, 0) is 14.9 Å². The molecule has 10 heteroatoms. The van der Waals surface area contributed by atoms with Gasteiger partial charge in [-0.2, -0.15) is 21.6 Å². The SMILES string of the molecule is CON(C1=C(N)CC=CC(N2CCCC2)=C1)S(=O)(=O)C(F)(F)F. The third-order valence-corrected chi connectivity index (χ3v) is 4.95. The van der Waals surface area contributed by atoms with Gasteiger partial charge in [-0.25, -0.2) is 0 Å². The number of hydroxylamine groups is 1. The molecule has 130 valence electrons. The van der Waals surface area contributed by atoms with Crippen molar-refractivity contribution in [2.24, 2.45) is 5.73 Å². The fourth-order valence-corrected chi connectivity index (χ4v) is 3.27. The molecule has 0 saturated carbocycles. The van der Waals surface area contributed by atoms with Crippen molar-refractivity contribution in [3.8, 4) is 0 Å². The van der Waals surface area contributed by atoms with Gasteiger partial charge in [-0.05, 0) is 25.0 Å². The van der Waals surface area contributed by atoms with Crippen molar-refractivity contribution in [1.82, 2.24) is 9.37 Å². The van der Waals surface area contributed by atoms with Crippen LogP contribution < -0.4 is 5.73 Å². The lowest BCUT2D eigenvalue weighted by atomic mass is 10.2. The summed E-state index contributed by atoms with van der Waals surface area (Å²) in [6.07, 6.45) is 6.77. The Balaban J connectivity index is 2.46. The lowest BCUT2D eigenvalue weighted by Gasteiger charge is -2.25. The molecular formula is C13H18F3N3O3S. The smallest absolute Gasteiger partial charge is 0.400 e. The highest BCUT2D eigenvalue weighted by atomic mass is 32.2. The molecule has 0 bridgehead atoms. The van der Waals surface area contributed by atoms with E-state index in [0.717, 1.165) is 33.0 Å². The molecule has 6 nitrogen and oxygen atoms in total. The van der Waals surface area contributed by atoms with Crippen LogP contribution >= 0.6 is 0 Å². The number of hydrogen-bond acceptors (Lipinski definition) is 5. The highest BCUT2D eigenvalue weighted by molar-refractivity contribution is 7.89. The molecule has 0 radical (unpaired) electrons. The molecule has 1 aliphatic carbocycles. The summed E-state index contributed by atoms with van der Waals surface area (Å²) >= 11 is 0. The van der Waals surface area contributed by atoms with Gasteiger partial charge in [0.2, 0.25) is 0 Å². The van der Waals surface area contributed by atoms with Gasteiger partial charge in [-0.1, -0.05) is 6.08 Å². The Labute approximate surface area is 132 Å². The number of sulfonamides is 1. The van der Waals surface area contributed by atoms with Gasteiger partial charge in [0.15, 0.2) is 0 Å². The van der Waals surface area contributed by atoms with Crippen LogP contribution in [0.5, 0.6) is 0 Å². The van der Waals surface area contributed by atoms with Crippen LogP contribution in [0, 0.1) is 0 Å². The molecule has 0 unspecified atom stereocenters. The average Bonchev–Trinajstić information content (AvgIpc) is 2.91. The minimum absolute atomic E-state index is 0.0230. The van der Waals surface area contributed by atoms with Crippen molar-refractivity contribution in [2.75, 3.05) is 20.2 Å². The van der Waals surface area contributed by atoms with E-state index in [2.05, 4.69) is 4.84 Å². The summed E-state index contributed by atoms with van der Waals surface area (Å²) in [5.74, 6) is 0. The lowest BCUT2D eigenvalue weighted by Crippen LogP contribution is -2.40. The van der Waals surface area contributed by atoms with Crippen LogP contribution in [0.15, 0.2) is 35.3 Å². The molecule has 0 aromatic heterocycles. The maximum absolute atomic E-state index is 12.8. The zero-order valence-electron chi connectivity index (χ0n) is 12.5. The second kappa shape index (κ2) is 6.44. The zero-order chi connectivity index (χ0) is 17.3. The first-order valence-corrected chi connectivity index (χ1v) is 8.40. The van der Waals surface area contributed by atoms with E-state index in [0.29, 0.717) is 5.70 Å². The van der Waals surface area contributed by atoms with Gasteiger partial charge in [-0.3, -0.25) is 4.84 Å². The highest BCUT2D eigenvalue weighted by Gasteiger charge is 2.52. The number of hydrogen-bond donors (Lipinski definition) is 1. The zero-order valence-corrected chi connectivity index (χ0v) is 13.3. The predicted octanol–water partition coefficient (Wildman–Crippen LogP) is 1.81. The van der Waals surface area contributed by atoms with Gasteiger partial charge >= 0.3 is 15.5 Å². The molecule has 0 aromatic rings. The predicted molar refractivity (Wildman–Crippen MR) is 77.7 cm³/mol. The number of nitrogens with zero attached hydrogens (tertiary/aromatic N) is 2. The van der Waals surface area contributed by atoms with Crippen LogP contribution in [-0.4, -0.2) is 43.5 Å². The van der Waals surface area contributed by atoms with Crippen LogP contribution in [0.25, 0.3) is 0 Å². The van der Waals surface area contributed by atoms with Gasteiger partial charge in [-0.15, -0.1) is 4.47 Å². The summed E-state index contributed by atoms with van der Waals surface area (Å²) in [6.45, 7) is 1.50. The van der Waals surface area contributed by atoms with E-state index in [4.69, 9.17) is 5.73 Å². The summed E-state index contributed by atoms with van der Waals surface area (Å²) in [5.41, 5.74) is 0.543. The Morgan fingerprint density at radius 3 is 2.43 bits per heavy atom. The number of rotatable bonds is 4. The molecule has 2 N–H and O–H groups in total. The standard InChI is InChI=1S/C13H18F3N3O3S/c1-22-19(23(20,21)13(14,15)16)12-9-10(5-4-6-11(12)17)18-7-2-3-8-18/h4-5,9H,2-3,6-8,17H2,1H3. The quantitative estimate of drug-likeness (QED) is 0.780. The third-order valence-electron chi connectivity index (χ3n) is 3.58. The fourth-order valence-electron chi connectivity index (χ4n) is 2.45. The van der Waals surface area contributed by atoms with Gasteiger partial charge < -0.3 is 10.6 Å². The third kappa shape index (κ3) is 3.47. The molecule has 0 aromatic carbocycles. The molecule has 1 aliphatic heterocycles. The van der Waals surface area contributed by atoms with Gasteiger partial charge in [0.25, 0.3) is 0 Å². The largest absolute Gasteiger partial charge is 0.518 e. The summed E-state index contributed by atoms with van der Waals surface area (Å²) in [4.78, 5) is 6.48. The first-order chi connectivity index (χ1) is 10.7. The molecule has 0 amide bonds. The summed E-state index contributed by atoms with van der Waals surface area (Å²) in [5, 5.41) is 0. The summed E-state index contributed by atoms with van der Waals surface area (Å²) in [6, 6.07) is 0. The summed E-state index contributed by atoms with van der Waals surface area (Å²) in [7, 11) is -4.85. The molecule has 2 aliphatic rings. The van der Waals surface area contributed by atoms with Crippen LogP contribution in [0.3, 0.4) is 0 Å². The first-order valence-electron chi connectivity index (χ1n) is 6.96. The van der Waals surface area contributed by atoms with Crippen LogP contribution in [0.2, 0.25) is 0 Å². The Hall–Kier alpha value is -1.68. The average molecular weight is 353 g/mol. The highest BCUT2D eigenvalue weighted by Crippen LogP contribution is 2.32. The normalized spacial score (nSPS) is 19.8. The van der Waals surface area contributed by atoms with Crippen molar-refractivity contribution in [3.05, 3.63) is 35.3 Å². The molecule has 23 heavy (non-hydrogen) atoms. The van der Waals surface area contributed by atoms with Crippen molar-refractivity contribution in [1.29, 1.82) is 0 Å². The number of nitrogens with two attached hydrogens (primary N) is 1. The number of likely N-dealkylation sites (tertiary alicyclic amines) is 1. The first kappa shape index (κ1) is 17.7. The Bertz CT molecular complexity index is 647. The second-order valence-electron chi connectivity index (χ2n) is 5.14.